The molecule has 7 nitrogen and oxygen atoms in total. The number of benzene rings is 2. The Morgan fingerprint density at radius 3 is 2.60 bits per heavy atom. The maximum atomic E-state index is 12.4. The zero-order valence-electron chi connectivity index (χ0n) is 16.4. The predicted molar refractivity (Wildman–Crippen MR) is 117 cm³/mol. The number of nitrogens with one attached hydrogen (secondary N) is 2. The van der Waals surface area contributed by atoms with E-state index < -0.39 is 5.97 Å². The van der Waals surface area contributed by atoms with Crippen molar-refractivity contribution in [2.75, 3.05) is 17.7 Å². The molecule has 0 fully saturated rings. The third kappa shape index (κ3) is 5.81. The van der Waals surface area contributed by atoms with Gasteiger partial charge in [0.05, 0.1) is 29.3 Å². The van der Waals surface area contributed by atoms with Crippen LogP contribution in [0, 0.1) is 0 Å². The van der Waals surface area contributed by atoms with Gasteiger partial charge in [-0.1, -0.05) is 61.2 Å². The van der Waals surface area contributed by atoms with Gasteiger partial charge in [-0.05, 0) is 18.6 Å². The highest BCUT2D eigenvalue weighted by molar-refractivity contribution is 7.99. The van der Waals surface area contributed by atoms with E-state index in [9.17, 15) is 14.4 Å². The number of ether oxygens (including phenoxy) is 1. The van der Waals surface area contributed by atoms with E-state index >= 15 is 0 Å². The minimum absolute atomic E-state index is 0.0134. The van der Waals surface area contributed by atoms with E-state index in [1.54, 1.807) is 24.3 Å². The number of aromatic nitrogens is 2. The minimum Gasteiger partial charge on any atom is -0.462 e. The Labute approximate surface area is 177 Å². The second kappa shape index (κ2) is 10.4. The lowest BCUT2D eigenvalue weighted by Gasteiger charge is -2.10. The van der Waals surface area contributed by atoms with Gasteiger partial charge in [0.15, 0.2) is 5.16 Å². The van der Waals surface area contributed by atoms with Crippen LogP contribution in [0.3, 0.4) is 0 Å². The number of carbonyl (C=O) groups is 2. The van der Waals surface area contributed by atoms with E-state index in [1.165, 1.54) is 6.07 Å². The lowest BCUT2D eigenvalue weighted by molar-refractivity contribution is -0.113. The zero-order chi connectivity index (χ0) is 21.3. The van der Waals surface area contributed by atoms with Crippen molar-refractivity contribution in [3.05, 3.63) is 76.6 Å². The van der Waals surface area contributed by atoms with Gasteiger partial charge in [-0.15, -0.1) is 0 Å². The van der Waals surface area contributed by atoms with Crippen LogP contribution in [0.5, 0.6) is 0 Å². The fraction of sp³-hybridized carbons (Fsp3) is 0.182. The SMILES string of the molecule is CCCOC(=O)c1ccccc1NC(=O)CSc1nc(-c2ccccc2)cc(=O)[nH]1. The van der Waals surface area contributed by atoms with Gasteiger partial charge in [0, 0.05) is 11.6 Å². The van der Waals surface area contributed by atoms with Crippen LogP contribution in [0.2, 0.25) is 0 Å². The quantitative estimate of drug-likeness (QED) is 0.325. The maximum absolute atomic E-state index is 12.4. The summed E-state index contributed by atoms with van der Waals surface area (Å²) >= 11 is 1.10. The molecular weight excluding hydrogens is 402 g/mol. The van der Waals surface area contributed by atoms with E-state index in [2.05, 4.69) is 15.3 Å². The molecule has 0 aliphatic carbocycles. The summed E-state index contributed by atoms with van der Waals surface area (Å²) in [7, 11) is 0. The number of carbonyl (C=O) groups excluding carboxylic acids is 2. The summed E-state index contributed by atoms with van der Waals surface area (Å²) in [6.45, 7) is 2.22. The molecule has 0 saturated heterocycles. The van der Waals surface area contributed by atoms with Crippen molar-refractivity contribution in [3.8, 4) is 11.3 Å². The molecule has 30 heavy (non-hydrogen) atoms. The first-order chi connectivity index (χ1) is 14.6. The average molecular weight is 423 g/mol. The number of aromatic amines is 1. The summed E-state index contributed by atoms with van der Waals surface area (Å²) in [5, 5.41) is 3.06. The van der Waals surface area contributed by atoms with Gasteiger partial charge in [0.25, 0.3) is 5.56 Å². The third-order valence-corrected chi connectivity index (χ3v) is 4.86. The average Bonchev–Trinajstić information content (AvgIpc) is 2.76. The minimum atomic E-state index is -0.484. The van der Waals surface area contributed by atoms with Gasteiger partial charge >= 0.3 is 5.97 Å². The number of amides is 1. The van der Waals surface area contributed by atoms with Crippen LogP contribution in [0.25, 0.3) is 11.3 Å². The van der Waals surface area contributed by atoms with Gasteiger partial charge in [-0.25, -0.2) is 9.78 Å². The number of H-pyrrole nitrogens is 1. The van der Waals surface area contributed by atoms with Crippen LogP contribution >= 0.6 is 11.8 Å². The van der Waals surface area contributed by atoms with Crippen molar-refractivity contribution < 1.29 is 14.3 Å². The summed E-state index contributed by atoms with van der Waals surface area (Å²) < 4.78 is 5.15. The maximum Gasteiger partial charge on any atom is 0.340 e. The van der Waals surface area contributed by atoms with Crippen LogP contribution in [-0.2, 0) is 9.53 Å². The van der Waals surface area contributed by atoms with Crippen LogP contribution in [0.15, 0.2) is 70.6 Å². The number of hydrogen-bond acceptors (Lipinski definition) is 6. The highest BCUT2D eigenvalue weighted by Gasteiger charge is 2.15. The molecule has 154 valence electrons. The Bertz CT molecular complexity index is 1080. The Kier molecular flexibility index (Phi) is 7.40. The molecule has 3 rings (SSSR count). The zero-order valence-corrected chi connectivity index (χ0v) is 17.2. The van der Waals surface area contributed by atoms with Gasteiger partial charge in [0.1, 0.15) is 0 Å². The van der Waals surface area contributed by atoms with Crippen LogP contribution < -0.4 is 10.9 Å². The van der Waals surface area contributed by atoms with Crippen molar-refractivity contribution in [2.24, 2.45) is 0 Å². The molecule has 0 unspecified atom stereocenters. The molecule has 1 aromatic heterocycles. The molecule has 1 amide bonds. The second-order valence-electron chi connectivity index (χ2n) is 6.32. The normalized spacial score (nSPS) is 10.4. The number of hydrogen-bond donors (Lipinski definition) is 2. The number of nitrogens with zero attached hydrogens (tertiary/aromatic N) is 1. The fourth-order valence-electron chi connectivity index (χ4n) is 2.62. The number of esters is 1. The van der Waals surface area contributed by atoms with E-state index in [1.807, 2.05) is 37.3 Å². The molecule has 0 atom stereocenters. The van der Waals surface area contributed by atoms with E-state index in [0.29, 0.717) is 35.1 Å². The molecule has 2 N–H and O–H groups in total. The number of rotatable bonds is 8. The Morgan fingerprint density at radius 1 is 1.10 bits per heavy atom. The first-order valence-corrected chi connectivity index (χ1v) is 10.4. The lowest BCUT2D eigenvalue weighted by Crippen LogP contribution is -2.18. The van der Waals surface area contributed by atoms with Crippen LogP contribution in [-0.4, -0.2) is 34.2 Å². The molecule has 1 heterocycles. The monoisotopic (exact) mass is 423 g/mol. The molecule has 3 aromatic rings. The lowest BCUT2D eigenvalue weighted by atomic mass is 10.1. The van der Waals surface area contributed by atoms with E-state index in [0.717, 1.165) is 17.3 Å². The molecule has 0 radical (unpaired) electrons. The summed E-state index contributed by atoms with van der Waals surface area (Å²) in [5.74, 6) is -0.801. The molecule has 2 aromatic carbocycles. The highest BCUT2D eigenvalue weighted by atomic mass is 32.2. The third-order valence-electron chi connectivity index (χ3n) is 3.99. The van der Waals surface area contributed by atoms with Crippen molar-refractivity contribution >= 4 is 29.3 Å². The summed E-state index contributed by atoms with van der Waals surface area (Å²) in [4.78, 5) is 43.6. The molecule has 0 aliphatic heterocycles. The Hall–Kier alpha value is -3.39. The molecule has 0 saturated carbocycles. The van der Waals surface area contributed by atoms with E-state index in [-0.39, 0.29) is 17.2 Å². The number of thioether (sulfide) groups is 1. The van der Waals surface area contributed by atoms with Gasteiger partial charge in [-0.2, -0.15) is 0 Å². The van der Waals surface area contributed by atoms with Crippen molar-refractivity contribution in [3.63, 3.8) is 0 Å². The summed E-state index contributed by atoms with van der Waals surface area (Å²) in [5.41, 5.74) is 1.72. The molecular formula is C22H21N3O4S. The van der Waals surface area contributed by atoms with Crippen LogP contribution in [0.1, 0.15) is 23.7 Å². The first kappa shape index (κ1) is 21.3. The standard InChI is InChI=1S/C22H21N3O4S/c1-2-12-29-21(28)16-10-6-7-11-17(16)23-20(27)14-30-22-24-18(13-19(26)25-22)15-8-4-3-5-9-15/h3-11,13H,2,12,14H2,1H3,(H,23,27)(H,24,25,26). The fourth-order valence-corrected chi connectivity index (χ4v) is 3.30. The molecule has 0 aliphatic rings. The molecule has 8 heteroatoms. The topological polar surface area (TPSA) is 101 Å². The summed E-state index contributed by atoms with van der Waals surface area (Å²) in [6.07, 6.45) is 0.712. The second-order valence-corrected chi connectivity index (χ2v) is 7.28. The highest BCUT2D eigenvalue weighted by Crippen LogP contribution is 2.20. The van der Waals surface area contributed by atoms with Crippen molar-refractivity contribution in [2.45, 2.75) is 18.5 Å². The predicted octanol–water partition coefficient (Wildman–Crippen LogP) is 3.73. The largest absolute Gasteiger partial charge is 0.462 e. The Balaban J connectivity index is 1.67. The van der Waals surface area contributed by atoms with Crippen LogP contribution in [0.4, 0.5) is 5.69 Å². The van der Waals surface area contributed by atoms with E-state index in [4.69, 9.17) is 4.74 Å². The Morgan fingerprint density at radius 2 is 1.83 bits per heavy atom. The number of anilines is 1. The van der Waals surface area contributed by atoms with Gasteiger partial charge in [0.2, 0.25) is 5.91 Å². The first-order valence-electron chi connectivity index (χ1n) is 9.42. The smallest absolute Gasteiger partial charge is 0.340 e. The number of para-hydroxylation sites is 1. The van der Waals surface area contributed by atoms with Crippen molar-refractivity contribution in [1.29, 1.82) is 0 Å². The molecule has 0 spiro atoms. The molecule has 0 bridgehead atoms. The summed E-state index contributed by atoms with van der Waals surface area (Å²) in [6, 6.07) is 17.4. The van der Waals surface area contributed by atoms with Crippen molar-refractivity contribution in [1.82, 2.24) is 9.97 Å². The van der Waals surface area contributed by atoms with Gasteiger partial charge in [-0.3, -0.25) is 9.59 Å². The van der Waals surface area contributed by atoms with Gasteiger partial charge < -0.3 is 15.0 Å².